The van der Waals surface area contributed by atoms with E-state index in [1.165, 1.54) is 6.42 Å². The first-order valence-corrected chi connectivity index (χ1v) is 7.02. The zero-order valence-electron chi connectivity index (χ0n) is 11.2. The van der Waals surface area contributed by atoms with E-state index in [0.717, 1.165) is 25.7 Å². The Bertz CT molecular complexity index is 316. The monoisotopic (exact) mass is 274 g/mol. The number of methoxy groups -OCH3 is 1. The van der Waals surface area contributed by atoms with Gasteiger partial charge in [0.15, 0.2) is 12.1 Å². The van der Waals surface area contributed by atoms with Crippen molar-refractivity contribution in [3.8, 4) is 0 Å². The zero-order chi connectivity index (χ0) is 13.5. The van der Waals surface area contributed by atoms with Gasteiger partial charge in [0, 0.05) is 20.0 Å². The van der Waals surface area contributed by atoms with Gasteiger partial charge in [-0.05, 0) is 12.8 Å². The second kappa shape index (κ2) is 5.27. The van der Waals surface area contributed by atoms with Gasteiger partial charge < -0.3 is 29.2 Å². The molecule has 0 amide bonds. The fraction of sp³-hybridized carbons (Fsp3) is 1.00. The van der Waals surface area contributed by atoms with Gasteiger partial charge in [-0.15, -0.1) is 0 Å². The fourth-order valence-corrected chi connectivity index (χ4v) is 3.36. The highest BCUT2D eigenvalue weighted by molar-refractivity contribution is 4.98. The smallest absolute Gasteiger partial charge is 0.190 e. The summed E-state index contributed by atoms with van der Waals surface area (Å²) in [6, 6.07) is 0. The molecular weight excluding hydrogens is 252 g/mol. The van der Waals surface area contributed by atoms with E-state index in [2.05, 4.69) is 0 Å². The number of hydrogen-bond donors (Lipinski definition) is 2. The molecule has 2 N–H and O–H groups in total. The molecule has 6 heteroatoms. The number of aliphatic hydroxyl groups is 2. The van der Waals surface area contributed by atoms with Crippen molar-refractivity contribution in [1.29, 1.82) is 0 Å². The molecule has 3 aliphatic rings. The van der Waals surface area contributed by atoms with Gasteiger partial charge in [0.25, 0.3) is 0 Å². The number of hydrogen-bond acceptors (Lipinski definition) is 6. The molecule has 3 rings (SSSR count). The van der Waals surface area contributed by atoms with Crippen molar-refractivity contribution >= 4 is 0 Å². The third kappa shape index (κ3) is 2.30. The van der Waals surface area contributed by atoms with Crippen LogP contribution >= 0.6 is 0 Å². The molecule has 1 saturated carbocycles. The van der Waals surface area contributed by atoms with E-state index in [1.54, 1.807) is 7.11 Å². The zero-order valence-corrected chi connectivity index (χ0v) is 11.2. The highest BCUT2D eigenvalue weighted by Gasteiger charge is 2.59. The molecule has 0 aromatic rings. The molecule has 2 saturated heterocycles. The van der Waals surface area contributed by atoms with Crippen molar-refractivity contribution < 1.29 is 29.2 Å². The molecule has 19 heavy (non-hydrogen) atoms. The minimum absolute atomic E-state index is 0.325. The third-order valence-corrected chi connectivity index (χ3v) is 4.34. The fourth-order valence-electron chi connectivity index (χ4n) is 3.36. The predicted octanol–water partition coefficient (Wildman–Crippen LogP) is 0.155. The summed E-state index contributed by atoms with van der Waals surface area (Å²) in [5, 5.41) is 18.8. The van der Waals surface area contributed by atoms with Crippen molar-refractivity contribution in [3.05, 3.63) is 0 Å². The quantitative estimate of drug-likeness (QED) is 0.763. The van der Waals surface area contributed by atoms with Crippen LogP contribution in [0.5, 0.6) is 0 Å². The second-order valence-corrected chi connectivity index (χ2v) is 5.59. The Hall–Kier alpha value is -0.240. The Morgan fingerprint density at radius 3 is 2.63 bits per heavy atom. The van der Waals surface area contributed by atoms with Crippen LogP contribution in [0.25, 0.3) is 0 Å². The lowest BCUT2D eigenvalue weighted by Gasteiger charge is -2.34. The summed E-state index contributed by atoms with van der Waals surface area (Å²) < 4.78 is 23.1. The summed E-state index contributed by atoms with van der Waals surface area (Å²) in [5.74, 6) is -0.528. The van der Waals surface area contributed by atoms with Gasteiger partial charge in [-0.25, -0.2) is 0 Å². The van der Waals surface area contributed by atoms with Crippen LogP contribution in [-0.4, -0.2) is 60.4 Å². The lowest BCUT2D eigenvalue weighted by Crippen LogP contribution is -2.44. The Morgan fingerprint density at radius 2 is 2.00 bits per heavy atom. The first kappa shape index (κ1) is 13.7. The molecule has 2 heterocycles. The summed E-state index contributed by atoms with van der Waals surface area (Å²) >= 11 is 0. The molecule has 0 bridgehead atoms. The van der Waals surface area contributed by atoms with Gasteiger partial charge in [0.05, 0.1) is 6.61 Å². The maximum Gasteiger partial charge on any atom is 0.190 e. The van der Waals surface area contributed by atoms with Crippen LogP contribution in [0.4, 0.5) is 0 Å². The maximum absolute atomic E-state index is 9.75. The average Bonchev–Trinajstić information content (AvgIpc) is 2.92. The number of rotatable bonds is 3. The van der Waals surface area contributed by atoms with E-state index in [9.17, 15) is 5.11 Å². The van der Waals surface area contributed by atoms with Gasteiger partial charge >= 0.3 is 0 Å². The molecule has 110 valence electrons. The molecular formula is C13H22O6. The molecule has 1 spiro atoms. The van der Waals surface area contributed by atoms with Crippen LogP contribution in [0.15, 0.2) is 0 Å². The lowest BCUT2D eigenvalue weighted by atomic mass is 9.94. The molecule has 0 radical (unpaired) electrons. The maximum atomic E-state index is 9.75. The first-order valence-electron chi connectivity index (χ1n) is 7.02. The molecule has 0 unspecified atom stereocenters. The van der Waals surface area contributed by atoms with Crippen molar-refractivity contribution in [3.63, 3.8) is 0 Å². The highest BCUT2D eigenvalue weighted by Crippen LogP contribution is 2.45. The third-order valence-electron chi connectivity index (χ3n) is 4.34. The largest absolute Gasteiger partial charge is 0.394 e. The first-order chi connectivity index (χ1) is 9.19. The molecule has 5 atom stereocenters. The summed E-state index contributed by atoms with van der Waals surface area (Å²) in [6.45, 7) is -0.366. The van der Waals surface area contributed by atoms with Crippen LogP contribution in [0.2, 0.25) is 0 Å². The lowest BCUT2D eigenvalue weighted by molar-refractivity contribution is -0.255. The van der Waals surface area contributed by atoms with Crippen molar-refractivity contribution in [2.24, 2.45) is 0 Å². The predicted molar refractivity (Wildman–Crippen MR) is 64.3 cm³/mol. The normalized spacial score (nSPS) is 42.5. The second-order valence-electron chi connectivity index (χ2n) is 5.59. The Labute approximate surface area is 112 Å². The van der Waals surface area contributed by atoms with Gasteiger partial charge in [-0.3, -0.25) is 0 Å². The van der Waals surface area contributed by atoms with Crippen LogP contribution < -0.4 is 0 Å². The summed E-state index contributed by atoms with van der Waals surface area (Å²) in [6.07, 6.45) is 2.34. The minimum Gasteiger partial charge on any atom is -0.394 e. The minimum atomic E-state index is -0.981. The topological polar surface area (TPSA) is 77.4 Å². The van der Waals surface area contributed by atoms with Crippen LogP contribution in [0, 0.1) is 0 Å². The standard InChI is InChI=1S/C13H22O6/c1-16-10-9(8(15)7-14)17-12-11(10)18-13(19-12)5-3-2-4-6-13/h8-12,14-15H,2-7H2,1H3/t8-,9+,10-,11-,12+/m1/s1. The summed E-state index contributed by atoms with van der Waals surface area (Å²) in [4.78, 5) is 0. The van der Waals surface area contributed by atoms with E-state index in [4.69, 9.17) is 24.1 Å². The van der Waals surface area contributed by atoms with Crippen LogP contribution in [-0.2, 0) is 18.9 Å². The van der Waals surface area contributed by atoms with E-state index in [0.29, 0.717) is 0 Å². The van der Waals surface area contributed by atoms with Crippen molar-refractivity contribution in [2.45, 2.75) is 68.6 Å². The van der Waals surface area contributed by atoms with Crippen LogP contribution in [0.3, 0.4) is 0 Å². The van der Waals surface area contributed by atoms with E-state index in [1.807, 2.05) is 0 Å². The van der Waals surface area contributed by atoms with Gasteiger partial charge in [0.2, 0.25) is 0 Å². The van der Waals surface area contributed by atoms with E-state index in [-0.39, 0.29) is 12.7 Å². The van der Waals surface area contributed by atoms with Gasteiger partial charge in [-0.2, -0.15) is 0 Å². The number of fused-ring (bicyclic) bond motifs is 1. The Kier molecular flexibility index (Phi) is 3.81. The summed E-state index contributed by atoms with van der Waals surface area (Å²) in [5.41, 5.74) is 0. The van der Waals surface area contributed by atoms with Crippen molar-refractivity contribution in [2.75, 3.05) is 13.7 Å². The molecule has 6 nitrogen and oxygen atoms in total. The van der Waals surface area contributed by atoms with Crippen LogP contribution in [0.1, 0.15) is 32.1 Å². The van der Waals surface area contributed by atoms with Crippen molar-refractivity contribution in [1.82, 2.24) is 0 Å². The molecule has 0 aromatic carbocycles. The Balaban J connectivity index is 1.71. The number of aliphatic hydroxyl groups excluding tert-OH is 2. The Morgan fingerprint density at radius 1 is 1.26 bits per heavy atom. The average molecular weight is 274 g/mol. The highest BCUT2D eigenvalue weighted by atomic mass is 16.8. The molecule has 2 aliphatic heterocycles. The molecule has 0 aromatic heterocycles. The van der Waals surface area contributed by atoms with Gasteiger partial charge in [-0.1, -0.05) is 6.42 Å². The van der Waals surface area contributed by atoms with E-state index < -0.39 is 30.4 Å². The summed E-state index contributed by atoms with van der Waals surface area (Å²) in [7, 11) is 1.56. The molecule has 1 aliphatic carbocycles. The molecule has 3 fully saturated rings. The SMILES string of the molecule is CO[C@@H]1[C@H]([C@H](O)CO)O[C@H]2OC3(CCCCC3)O[C@@H]21. The van der Waals surface area contributed by atoms with E-state index >= 15 is 0 Å². The van der Waals surface area contributed by atoms with Gasteiger partial charge in [0.1, 0.15) is 24.4 Å². The number of ether oxygens (including phenoxy) is 4.